The first-order valence-corrected chi connectivity index (χ1v) is 7.99. The molecule has 0 aliphatic carbocycles. The molecular weight excluding hydrogens is 328 g/mol. The summed E-state index contributed by atoms with van der Waals surface area (Å²) in [6.07, 6.45) is 3.01. The fourth-order valence-corrected chi connectivity index (χ4v) is 2.54. The van der Waals surface area contributed by atoms with Gasteiger partial charge in [-0.25, -0.2) is 4.98 Å². The molecule has 1 N–H and O–H groups in total. The van der Waals surface area contributed by atoms with Crippen molar-refractivity contribution in [3.05, 3.63) is 51.6 Å². The molecule has 1 aromatic heterocycles. The maximum absolute atomic E-state index is 5.92. The van der Waals surface area contributed by atoms with E-state index < -0.39 is 0 Å². The molecule has 0 fully saturated rings. The Morgan fingerprint density at radius 3 is 2.67 bits per heavy atom. The van der Waals surface area contributed by atoms with Crippen LogP contribution in [0.4, 0.5) is 0 Å². The Hall–Kier alpha value is -1.39. The quantitative estimate of drug-likeness (QED) is 0.764. The molecule has 3 nitrogen and oxygen atoms in total. The highest BCUT2D eigenvalue weighted by Crippen LogP contribution is 2.28. The molecule has 0 saturated heterocycles. The van der Waals surface area contributed by atoms with Crippen LogP contribution in [-0.2, 0) is 6.54 Å². The van der Waals surface area contributed by atoms with Crippen molar-refractivity contribution in [1.82, 2.24) is 10.3 Å². The normalized spacial score (nSPS) is 10.7. The smallest absolute Gasteiger partial charge is 0.222 e. The monoisotopic (exact) mass is 348 g/mol. The third kappa shape index (κ3) is 4.55. The first-order chi connectivity index (χ1) is 10.1. The Balaban J connectivity index is 2.10. The van der Waals surface area contributed by atoms with Crippen molar-refractivity contribution in [2.75, 3.05) is 6.54 Å². The number of aromatic nitrogens is 1. The molecule has 0 aliphatic rings. The van der Waals surface area contributed by atoms with Crippen LogP contribution < -0.4 is 10.1 Å². The second kappa shape index (κ2) is 7.57. The molecule has 0 atom stereocenters. The third-order valence-electron chi connectivity index (χ3n) is 3.19. The van der Waals surface area contributed by atoms with Crippen molar-refractivity contribution in [2.45, 2.75) is 33.7 Å². The van der Waals surface area contributed by atoms with E-state index in [1.807, 2.05) is 38.2 Å². The fourth-order valence-electron chi connectivity index (χ4n) is 2.06. The van der Waals surface area contributed by atoms with Gasteiger partial charge in [0, 0.05) is 22.8 Å². The van der Waals surface area contributed by atoms with Crippen molar-refractivity contribution in [3.63, 3.8) is 0 Å². The molecule has 4 heteroatoms. The Labute approximate surface area is 134 Å². The van der Waals surface area contributed by atoms with Gasteiger partial charge >= 0.3 is 0 Å². The third-order valence-corrected chi connectivity index (χ3v) is 3.68. The van der Waals surface area contributed by atoms with Gasteiger partial charge in [-0.2, -0.15) is 0 Å². The molecular formula is C17H21BrN2O. The zero-order chi connectivity index (χ0) is 15.2. The number of rotatable bonds is 6. The van der Waals surface area contributed by atoms with E-state index in [9.17, 15) is 0 Å². The summed E-state index contributed by atoms with van der Waals surface area (Å²) in [6, 6.07) is 8.09. The lowest BCUT2D eigenvalue weighted by Crippen LogP contribution is -2.14. The van der Waals surface area contributed by atoms with Gasteiger partial charge in [0.2, 0.25) is 5.88 Å². The molecule has 0 unspecified atom stereocenters. The van der Waals surface area contributed by atoms with Crippen LogP contribution in [0.15, 0.2) is 34.9 Å². The van der Waals surface area contributed by atoms with E-state index in [1.165, 1.54) is 5.56 Å². The zero-order valence-corrected chi connectivity index (χ0v) is 14.3. The second-order valence-electron chi connectivity index (χ2n) is 5.15. The van der Waals surface area contributed by atoms with Gasteiger partial charge in [0.15, 0.2) is 0 Å². The number of nitrogens with one attached hydrogen (secondary N) is 1. The van der Waals surface area contributed by atoms with Crippen molar-refractivity contribution in [3.8, 4) is 11.6 Å². The van der Waals surface area contributed by atoms with Crippen molar-refractivity contribution >= 4 is 15.9 Å². The van der Waals surface area contributed by atoms with Crippen LogP contribution in [-0.4, -0.2) is 11.5 Å². The minimum absolute atomic E-state index is 0.666. The van der Waals surface area contributed by atoms with Crippen LogP contribution in [0.3, 0.4) is 0 Å². The van der Waals surface area contributed by atoms with Crippen molar-refractivity contribution in [2.24, 2.45) is 0 Å². The fraction of sp³-hybridized carbons (Fsp3) is 0.353. The molecule has 1 aromatic carbocycles. The molecule has 0 saturated carbocycles. The van der Waals surface area contributed by atoms with Gasteiger partial charge < -0.3 is 10.1 Å². The Bertz CT molecular complexity index is 614. The van der Waals surface area contributed by atoms with Crippen LogP contribution in [0.25, 0.3) is 0 Å². The van der Waals surface area contributed by atoms with Gasteiger partial charge in [-0.1, -0.05) is 22.9 Å². The average molecular weight is 349 g/mol. The maximum Gasteiger partial charge on any atom is 0.222 e. The van der Waals surface area contributed by atoms with E-state index in [0.717, 1.165) is 40.9 Å². The highest BCUT2D eigenvalue weighted by molar-refractivity contribution is 9.10. The molecule has 1 heterocycles. The number of halogens is 1. The number of pyridine rings is 1. The molecule has 0 radical (unpaired) electrons. The molecule has 0 spiro atoms. The zero-order valence-electron chi connectivity index (χ0n) is 12.7. The first-order valence-electron chi connectivity index (χ1n) is 7.20. The van der Waals surface area contributed by atoms with Gasteiger partial charge in [-0.05, 0) is 62.2 Å². The highest BCUT2D eigenvalue weighted by Gasteiger charge is 2.07. The van der Waals surface area contributed by atoms with Crippen LogP contribution in [0.2, 0.25) is 0 Å². The van der Waals surface area contributed by atoms with Crippen LogP contribution in [0.5, 0.6) is 11.6 Å². The standard InChI is InChI=1S/C17H21BrN2O/c1-4-7-19-10-14-8-13(3)17(20-11-14)21-16-6-5-15(18)9-12(16)2/h5-6,8-9,11,19H,4,7,10H2,1-3H3. The number of aryl methyl sites for hydroxylation is 2. The Kier molecular flexibility index (Phi) is 5.76. The van der Waals surface area contributed by atoms with Gasteiger partial charge in [0.25, 0.3) is 0 Å². The van der Waals surface area contributed by atoms with E-state index in [0.29, 0.717) is 5.88 Å². The summed E-state index contributed by atoms with van der Waals surface area (Å²) in [5.74, 6) is 1.50. The summed E-state index contributed by atoms with van der Waals surface area (Å²) in [4.78, 5) is 4.44. The van der Waals surface area contributed by atoms with Crippen molar-refractivity contribution in [1.29, 1.82) is 0 Å². The van der Waals surface area contributed by atoms with E-state index in [4.69, 9.17) is 4.74 Å². The number of nitrogens with zero attached hydrogens (tertiary/aromatic N) is 1. The van der Waals surface area contributed by atoms with Gasteiger partial charge in [-0.3, -0.25) is 0 Å². The summed E-state index contributed by atoms with van der Waals surface area (Å²) in [6.45, 7) is 8.08. The lowest BCUT2D eigenvalue weighted by molar-refractivity contribution is 0.454. The van der Waals surface area contributed by atoms with Crippen LogP contribution in [0.1, 0.15) is 30.0 Å². The predicted octanol–water partition coefficient (Wildman–Crippen LogP) is 4.75. The summed E-state index contributed by atoms with van der Waals surface area (Å²) < 4.78 is 6.97. The molecule has 0 amide bonds. The number of benzene rings is 1. The second-order valence-corrected chi connectivity index (χ2v) is 6.07. The number of hydrogen-bond acceptors (Lipinski definition) is 3. The summed E-state index contributed by atoms with van der Waals surface area (Å²) in [5.41, 5.74) is 3.31. The minimum Gasteiger partial charge on any atom is -0.438 e. The lowest BCUT2D eigenvalue weighted by Gasteiger charge is -2.11. The lowest BCUT2D eigenvalue weighted by atomic mass is 10.2. The highest BCUT2D eigenvalue weighted by atomic mass is 79.9. The average Bonchev–Trinajstić information content (AvgIpc) is 2.44. The molecule has 0 bridgehead atoms. The molecule has 2 aromatic rings. The van der Waals surface area contributed by atoms with Gasteiger partial charge in [-0.15, -0.1) is 0 Å². The maximum atomic E-state index is 5.92. The predicted molar refractivity (Wildman–Crippen MR) is 89.9 cm³/mol. The van der Waals surface area contributed by atoms with E-state index in [1.54, 1.807) is 0 Å². The summed E-state index contributed by atoms with van der Waals surface area (Å²) in [7, 11) is 0. The SMILES string of the molecule is CCCNCc1cnc(Oc2ccc(Br)cc2C)c(C)c1. The minimum atomic E-state index is 0.666. The molecule has 21 heavy (non-hydrogen) atoms. The van der Waals surface area contributed by atoms with E-state index in [-0.39, 0.29) is 0 Å². The Morgan fingerprint density at radius 1 is 1.19 bits per heavy atom. The van der Waals surface area contributed by atoms with E-state index >= 15 is 0 Å². The number of hydrogen-bond donors (Lipinski definition) is 1. The molecule has 2 rings (SSSR count). The largest absolute Gasteiger partial charge is 0.438 e. The van der Waals surface area contributed by atoms with Crippen molar-refractivity contribution < 1.29 is 4.74 Å². The van der Waals surface area contributed by atoms with Gasteiger partial charge in [0.05, 0.1) is 0 Å². The molecule has 112 valence electrons. The van der Waals surface area contributed by atoms with E-state index in [2.05, 4.69) is 39.2 Å². The van der Waals surface area contributed by atoms with Gasteiger partial charge in [0.1, 0.15) is 5.75 Å². The summed E-state index contributed by atoms with van der Waals surface area (Å²) in [5, 5.41) is 3.38. The number of ether oxygens (including phenoxy) is 1. The molecule has 0 aliphatic heterocycles. The Morgan fingerprint density at radius 2 is 2.00 bits per heavy atom. The van der Waals surface area contributed by atoms with Crippen LogP contribution in [0, 0.1) is 13.8 Å². The van der Waals surface area contributed by atoms with Crippen LogP contribution >= 0.6 is 15.9 Å². The summed E-state index contributed by atoms with van der Waals surface area (Å²) >= 11 is 3.46. The first kappa shape index (κ1) is 16.0. The topological polar surface area (TPSA) is 34.2 Å².